The van der Waals surface area contributed by atoms with E-state index in [-0.39, 0.29) is 12.1 Å². The minimum absolute atomic E-state index is 0.142. The van der Waals surface area contributed by atoms with E-state index in [1.165, 1.54) is 0 Å². The Morgan fingerprint density at radius 2 is 2.04 bits per heavy atom. The molecule has 0 aliphatic carbocycles. The molecule has 1 aromatic carbocycles. The largest absolute Gasteiger partial charge is 0.497 e. The van der Waals surface area contributed by atoms with Crippen molar-refractivity contribution in [2.24, 2.45) is 0 Å². The summed E-state index contributed by atoms with van der Waals surface area (Å²) in [5.74, 6) is 0.797. The van der Waals surface area contributed by atoms with Crippen LogP contribution >= 0.6 is 0 Å². The van der Waals surface area contributed by atoms with E-state index in [4.69, 9.17) is 9.47 Å². The third kappa shape index (κ3) is 4.48. The van der Waals surface area contributed by atoms with Crippen LogP contribution in [0.2, 0.25) is 0 Å². The van der Waals surface area contributed by atoms with Crippen LogP contribution in [0.3, 0.4) is 0 Å². The fourth-order valence-electron chi connectivity index (χ4n) is 2.15. The highest BCUT2D eigenvalue weighted by atomic mass is 16.5. The molecule has 1 aromatic heterocycles. The van der Waals surface area contributed by atoms with Gasteiger partial charge in [0.25, 0.3) is 0 Å². The van der Waals surface area contributed by atoms with E-state index < -0.39 is 0 Å². The molecule has 0 spiro atoms. The van der Waals surface area contributed by atoms with Gasteiger partial charge in [-0.05, 0) is 31.2 Å². The lowest BCUT2D eigenvalue weighted by Crippen LogP contribution is -2.40. The maximum absolute atomic E-state index is 12.1. The third-order valence-corrected chi connectivity index (χ3v) is 3.76. The number of nitrogens with one attached hydrogen (secondary N) is 1. The second kappa shape index (κ2) is 8.35. The van der Waals surface area contributed by atoms with Crippen molar-refractivity contribution in [1.82, 2.24) is 20.0 Å². The van der Waals surface area contributed by atoms with Crippen LogP contribution in [-0.4, -0.2) is 55.1 Å². The minimum atomic E-state index is -0.144. The molecule has 24 heavy (non-hydrogen) atoms. The van der Waals surface area contributed by atoms with Crippen LogP contribution in [0.1, 0.15) is 18.5 Å². The Balaban J connectivity index is 1.99. The Morgan fingerprint density at radius 1 is 1.33 bits per heavy atom. The van der Waals surface area contributed by atoms with Gasteiger partial charge in [0.15, 0.2) is 0 Å². The van der Waals surface area contributed by atoms with Crippen LogP contribution in [0.5, 0.6) is 5.75 Å². The molecular weight excluding hydrogens is 308 g/mol. The SMILES string of the molecule is COCCN(C)C(=O)NC(C)c1cnn(-c2ccc(OC)cc2)c1. The summed E-state index contributed by atoms with van der Waals surface area (Å²) in [7, 11) is 4.98. The number of likely N-dealkylation sites (N-methyl/N-ethyl adjacent to an activating group) is 1. The number of carbonyl (C=O) groups excluding carboxylic acids is 1. The Bertz CT molecular complexity index is 654. The summed E-state index contributed by atoms with van der Waals surface area (Å²) in [4.78, 5) is 13.7. The van der Waals surface area contributed by atoms with Crippen LogP contribution < -0.4 is 10.1 Å². The average Bonchev–Trinajstić information content (AvgIpc) is 3.09. The molecule has 2 amide bonds. The van der Waals surface area contributed by atoms with Crippen molar-refractivity contribution >= 4 is 6.03 Å². The molecule has 0 aliphatic rings. The van der Waals surface area contributed by atoms with Crippen molar-refractivity contribution in [1.29, 1.82) is 0 Å². The highest BCUT2D eigenvalue weighted by molar-refractivity contribution is 5.74. The zero-order valence-electron chi connectivity index (χ0n) is 14.5. The second-order valence-electron chi connectivity index (χ2n) is 5.50. The number of ether oxygens (including phenoxy) is 2. The van der Waals surface area contributed by atoms with E-state index in [0.29, 0.717) is 13.2 Å². The van der Waals surface area contributed by atoms with E-state index in [1.54, 1.807) is 37.0 Å². The zero-order chi connectivity index (χ0) is 17.5. The van der Waals surface area contributed by atoms with Gasteiger partial charge in [0.2, 0.25) is 0 Å². The maximum atomic E-state index is 12.1. The fourth-order valence-corrected chi connectivity index (χ4v) is 2.15. The fraction of sp³-hybridized carbons (Fsp3) is 0.412. The van der Waals surface area contributed by atoms with E-state index in [0.717, 1.165) is 17.0 Å². The lowest BCUT2D eigenvalue weighted by atomic mass is 10.2. The van der Waals surface area contributed by atoms with Gasteiger partial charge in [-0.1, -0.05) is 0 Å². The van der Waals surface area contributed by atoms with Gasteiger partial charge in [-0.15, -0.1) is 0 Å². The van der Waals surface area contributed by atoms with Crippen molar-refractivity contribution in [3.05, 3.63) is 42.2 Å². The topological polar surface area (TPSA) is 68.6 Å². The van der Waals surface area contributed by atoms with Crippen molar-refractivity contribution < 1.29 is 14.3 Å². The molecule has 1 atom stereocenters. The van der Waals surface area contributed by atoms with E-state index in [1.807, 2.05) is 37.4 Å². The van der Waals surface area contributed by atoms with E-state index >= 15 is 0 Å². The van der Waals surface area contributed by atoms with E-state index in [2.05, 4.69) is 10.4 Å². The highest BCUT2D eigenvalue weighted by Gasteiger charge is 2.14. The quantitative estimate of drug-likeness (QED) is 0.844. The summed E-state index contributed by atoms with van der Waals surface area (Å²) >= 11 is 0. The molecule has 1 N–H and O–H groups in total. The van der Waals surface area contributed by atoms with Gasteiger partial charge in [0, 0.05) is 32.5 Å². The first-order chi connectivity index (χ1) is 11.5. The molecule has 0 bridgehead atoms. The smallest absolute Gasteiger partial charge is 0.317 e. The summed E-state index contributed by atoms with van der Waals surface area (Å²) in [6, 6.07) is 7.33. The number of aromatic nitrogens is 2. The van der Waals surface area contributed by atoms with Crippen LogP contribution in [-0.2, 0) is 4.74 Å². The summed E-state index contributed by atoms with van der Waals surface area (Å²) in [5, 5.41) is 7.30. The molecule has 0 aliphatic heterocycles. The summed E-state index contributed by atoms with van der Waals surface area (Å²) < 4.78 is 11.9. The van der Waals surface area contributed by atoms with Crippen LogP contribution in [0.15, 0.2) is 36.7 Å². The van der Waals surface area contributed by atoms with Crippen LogP contribution in [0, 0.1) is 0 Å². The highest BCUT2D eigenvalue weighted by Crippen LogP contribution is 2.17. The number of hydrogen-bond acceptors (Lipinski definition) is 4. The van der Waals surface area contributed by atoms with Crippen molar-refractivity contribution in [3.8, 4) is 11.4 Å². The number of benzene rings is 1. The van der Waals surface area contributed by atoms with Gasteiger partial charge in [0.1, 0.15) is 5.75 Å². The van der Waals surface area contributed by atoms with Gasteiger partial charge < -0.3 is 19.7 Å². The van der Waals surface area contributed by atoms with Crippen molar-refractivity contribution in [2.75, 3.05) is 34.4 Å². The predicted octanol–water partition coefficient (Wildman–Crippen LogP) is 2.23. The number of amides is 2. The Morgan fingerprint density at radius 3 is 2.67 bits per heavy atom. The first-order valence-corrected chi connectivity index (χ1v) is 7.74. The average molecular weight is 332 g/mol. The zero-order valence-corrected chi connectivity index (χ0v) is 14.5. The summed E-state index contributed by atoms with van der Waals surface area (Å²) in [5.41, 5.74) is 1.86. The molecule has 0 fully saturated rings. The number of nitrogens with zero attached hydrogens (tertiary/aromatic N) is 3. The number of hydrogen-bond donors (Lipinski definition) is 1. The molecule has 1 heterocycles. The van der Waals surface area contributed by atoms with Crippen LogP contribution in [0.25, 0.3) is 5.69 Å². The van der Waals surface area contributed by atoms with Gasteiger partial charge >= 0.3 is 6.03 Å². The Kier molecular flexibility index (Phi) is 6.20. The molecule has 2 rings (SSSR count). The van der Waals surface area contributed by atoms with Crippen LogP contribution in [0.4, 0.5) is 4.79 Å². The first-order valence-electron chi connectivity index (χ1n) is 7.74. The number of methoxy groups -OCH3 is 2. The van der Waals surface area contributed by atoms with Gasteiger partial charge in [-0.2, -0.15) is 5.10 Å². The van der Waals surface area contributed by atoms with Crippen molar-refractivity contribution in [2.45, 2.75) is 13.0 Å². The number of rotatable bonds is 7. The molecule has 0 saturated carbocycles. The molecule has 1 unspecified atom stereocenters. The predicted molar refractivity (Wildman–Crippen MR) is 91.6 cm³/mol. The Hall–Kier alpha value is -2.54. The molecule has 130 valence electrons. The minimum Gasteiger partial charge on any atom is -0.497 e. The maximum Gasteiger partial charge on any atom is 0.317 e. The summed E-state index contributed by atoms with van der Waals surface area (Å²) in [6.07, 6.45) is 3.66. The Labute approximate surface area is 142 Å². The normalized spacial score (nSPS) is 11.8. The summed E-state index contributed by atoms with van der Waals surface area (Å²) in [6.45, 7) is 2.98. The molecule has 0 saturated heterocycles. The molecular formula is C17H24N4O3. The standard InChI is InChI=1S/C17H24N4O3/c1-13(19-17(22)20(2)9-10-23-3)14-11-18-21(12-14)15-5-7-16(24-4)8-6-15/h5-8,11-13H,9-10H2,1-4H3,(H,19,22). The second-order valence-corrected chi connectivity index (χ2v) is 5.50. The molecule has 7 heteroatoms. The lowest BCUT2D eigenvalue weighted by Gasteiger charge is -2.20. The van der Waals surface area contributed by atoms with Crippen molar-refractivity contribution in [3.63, 3.8) is 0 Å². The van der Waals surface area contributed by atoms with Gasteiger partial charge in [0.05, 0.1) is 31.6 Å². The first kappa shape index (κ1) is 17.8. The molecule has 0 radical (unpaired) electrons. The number of carbonyl (C=O) groups is 1. The third-order valence-electron chi connectivity index (χ3n) is 3.76. The molecule has 7 nitrogen and oxygen atoms in total. The number of urea groups is 1. The molecule has 2 aromatic rings. The lowest BCUT2D eigenvalue weighted by molar-refractivity contribution is 0.158. The monoisotopic (exact) mass is 332 g/mol. The van der Waals surface area contributed by atoms with Gasteiger partial charge in [-0.3, -0.25) is 0 Å². The van der Waals surface area contributed by atoms with Gasteiger partial charge in [-0.25, -0.2) is 9.48 Å². The van der Waals surface area contributed by atoms with E-state index in [9.17, 15) is 4.79 Å².